The van der Waals surface area contributed by atoms with E-state index in [1.807, 2.05) is 17.0 Å². The van der Waals surface area contributed by atoms with Crippen LogP contribution < -0.4 is 10.2 Å². The summed E-state index contributed by atoms with van der Waals surface area (Å²) in [4.78, 5) is 29.9. The van der Waals surface area contributed by atoms with E-state index in [1.165, 1.54) is 11.8 Å². The van der Waals surface area contributed by atoms with Crippen LogP contribution in [0.3, 0.4) is 0 Å². The second-order valence-electron chi connectivity index (χ2n) is 11.4. The predicted octanol–water partition coefficient (Wildman–Crippen LogP) is 6.77. The van der Waals surface area contributed by atoms with Crippen molar-refractivity contribution in [2.24, 2.45) is 0 Å². The summed E-state index contributed by atoms with van der Waals surface area (Å²) >= 11 is 2.61. The summed E-state index contributed by atoms with van der Waals surface area (Å²) in [6, 6.07) is 8.92. The maximum Gasteiger partial charge on any atom is 0.420 e. The van der Waals surface area contributed by atoms with Gasteiger partial charge in [-0.1, -0.05) is 6.92 Å². The summed E-state index contributed by atoms with van der Waals surface area (Å²) in [5, 5.41) is 3.19. The number of alkyl halides is 3. The number of likely N-dealkylation sites (N-methyl/N-ethyl adjacent to an activating group) is 1. The Bertz CT molecular complexity index is 1480. The van der Waals surface area contributed by atoms with Gasteiger partial charge in [0.25, 0.3) is 5.91 Å². The Morgan fingerprint density at radius 2 is 1.86 bits per heavy atom. The predicted molar refractivity (Wildman–Crippen MR) is 163 cm³/mol. The molecule has 2 aliphatic heterocycles. The van der Waals surface area contributed by atoms with Crippen LogP contribution in [0.2, 0.25) is 0 Å². The van der Waals surface area contributed by atoms with E-state index in [2.05, 4.69) is 59.0 Å². The molecule has 3 aromatic rings. The molecule has 1 N–H and O–H groups in total. The van der Waals surface area contributed by atoms with E-state index in [9.17, 15) is 18.0 Å². The molecule has 1 aromatic carbocycles. The van der Waals surface area contributed by atoms with E-state index >= 15 is 0 Å². The zero-order valence-corrected chi connectivity index (χ0v) is 25.8. The molecule has 0 spiro atoms. The molecule has 42 heavy (non-hydrogen) atoms. The van der Waals surface area contributed by atoms with Crippen LogP contribution >= 0.6 is 23.1 Å². The van der Waals surface area contributed by atoms with E-state index in [0.29, 0.717) is 28.4 Å². The van der Waals surface area contributed by atoms with Crippen LogP contribution in [0.5, 0.6) is 0 Å². The van der Waals surface area contributed by atoms with Crippen molar-refractivity contribution in [2.75, 3.05) is 42.7 Å². The zero-order valence-electron chi connectivity index (χ0n) is 24.2. The van der Waals surface area contributed by atoms with Crippen LogP contribution in [-0.2, 0) is 12.6 Å². The van der Waals surface area contributed by atoms with Crippen LogP contribution in [0.4, 0.5) is 30.5 Å². The van der Waals surface area contributed by atoms with Crippen molar-refractivity contribution in [3.63, 3.8) is 0 Å². The molecule has 3 aliphatic rings. The molecule has 1 saturated heterocycles. The quantitative estimate of drug-likeness (QED) is 0.328. The van der Waals surface area contributed by atoms with Gasteiger partial charge in [-0.3, -0.25) is 9.69 Å². The molecule has 4 heterocycles. The first-order valence-electron chi connectivity index (χ1n) is 14.4. The van der Waals surface area contributed by atoms with Crippen molar-refractivity contribution >= 4 is 46.3 Å². The number of anilines is 3. The summed E-state index contributed by atoms with van der Waals surface area (Å²) in [5.41, 5.74) is 1.79. The van der Waals surface area contributed by atoms with Crippen molar-refractivity contribution in [1.82, 2.24) is 19.8 Å². The zero-order chi connectivity index (χ0) is 29.8. The smallest absolute Gasteiger partial charge is 0.368 e. The number of carbonyl (C=O) groups is 1. The number of nitrogens with zero attached hydrogens (tertiary/aromatic N) is 5. The molecule has 1 saturated carbocycles. The van der Waals surface area contributed by atoms with Gasteiger partial charge < -0.3 is 15.1 Å². The van der Waals surface area contributed by atoms with Gasteiger partial charge in [0, 0.05) is 66.0 Å². The fourth-order valence-corrected chi connectivity index (χ4v) is 8.05. The molecule has 6 rings (SSSR count). The lowest BCUT2D eigenvalue weighted by Crippen LogP contribution is -2.55. The minimum atomic E-state index is -4.64. The molecule has 224 valence electrons. The van der Waals surface area contributed by atoms with Gasteiger partial charge in [-0.15, -0.1) is 23.1 Å². The molecule has 0 radical (unpaired) electrons. The number of aromatic nitrogens is 2. The number of benzene rings is 1. The number of hydrogen-bond donors (Lipinski definition) is 1. The van der Waals surface area contributed by atoms with Crippen LogP contribution in [-0.4, -0.2) is 76.2 Å². The molecular weight excluding hydrogens is 581 g/mol. The van der Waals surface area contributed by atoms with Crippen molar-refractivity contribution in [1.29, 1.82) is 0 Å². The molecule has 1 aliphatic carbocycles. The first-order chi connectivity index (χ1) is 20.0. The van der Waals surface area contributed by atoms with Crippen molar-refractivity contribution in [3.8, 4) is 10.6 Å². The lowest BCUT2D eigenvalue weighted by atomic mass is 10.1. The third-order valence-corrected chi connectivity index (χ3v) is 10.8. The second kappa shape index (κ2) is 11.3. The normalized spacial score (nSPS) is 21.8. The Hall–Kier alpha value is -2.83. The number of hydrogen-bond acceptors (Lipinski definition) is 8. The lowest BCUT2D eigenvalue weighted by molar-refractivity contribution is -0.137. The summed E-state index contributed by atoms with van der Waals surface area (Å²) < 4.78 is 42.4. The third-order valence-electron chi connectivity index (χ3n) is 8.50. The fraction of sp³-hybridized carbons (Fsp3) is 0.500. The van der Waals surface area contributed by atoms with Gasteiger partial charge in [0.05, 0.1) is 10.6 Å². The number of piperazine rings is 1. The largest absolute Gasteiger partial charge is 0.420 e. The van der Waals surface area contributed by atoms with Gasteiger partial charge in [-0.25, -0.2) is 9.97 Å². The molecule has 2 aromatic heterocycles. The average molecular weight is 617 g/mol. The highest BCUT2D eigenvalue weighted by Gasteiger charge is 2.39. The monoisotopic (exact) mass is 616 g/mol. The Kier molecular flexibility index (Phi) is 7.90. The number of nitrogens with one attached hydrogen (secondary N) is 1. The first-order valence-corrected chi connectivity index (χ1v) is 16.2. The molecular formula is C30H35F3N6OS2. The summed E-state index contributed by atoms with van der Waals surface area (Å²) in [5.74, 6) is 0.714. The number of carbonyl (C=O) groups excluding carboxylic acids is 1. The Morgan fingerprint density at radius 1 is 1.12 bits per heavy atom. The van der Waals surface area contributed by atoms with E-state index in [1.54, 1.807) is 6.07 Å². The Balaban J connectivity index is 1.31. The van der Waals surface area contributed by atoms with Crippen molar-refractivity contribution < 1.29 is 18.0 Å². The molecule has 12 heteroatoms. The Morgan fingerprint density at radius 3 is 2.52 bits per heavy atom. The fourth-order valence-electron chi connectivity index (χ4n) is 5.73. The number of halogens is 3. The first kappa shape index (κ1) is 29.3. The number of aryl methyl sites for hydroxylation is 1. The standard InChI is InChI=1S/C30H35F3N6OS2/c1-5-19-12-21(38-15-17(2)37(4)18(3)16-38)8-9-23(19)35-29-34-14-22(30(31,32)33)26(36-29)24-13-25-27(42-24)28(40)39(10-11-41-25)20-6-7-20/h8-9,12-14,17-18,20H,5-7,10-11,15-16H2,1-4H3,(H,34,35,36). The van der Waals surface area contributed by atoms with Gasteiger partial charge in [0.2, 0.25) is 5.95 Å². The summed E-state index contributed by atoms with van der Waals surface area (Å²) in [6.07, 6.45) is -1.10. The molecule has 2 fully saturated rings. The third kappa shape index (κ3) is 5.72. The van der Waals surface area contributed by atoms with E-state index < -0.39 is 11.7 Å². The minimum Gasteiger partial charge on any atom is -0.368 e. The highest BCUT2D eigenvalue weighted by molar-refractivity contribution is 7.99. The number of fused-ring (bicyclic) bond motifs is 1. The van der Waals surface area contributed by atoms with E-state index in [0.717, 1.165) is 77.5 Å². The van der Waals surface area contributed by atoms with Gasteiger partial charge in [-0.2, -0.15) is 13.2 Å². The molecule has 2 unspecified atom stereocenters. The second-order valence-corrected chi connectivity index (χ2v) is 13.6. The highest BCUT2D eigenvalue weighted by atomic mass is 32.2. The van der Waals surface area contributed by atoms with Gasteiger partial charge >= 0.3 is 6.18 Å². The van der Waals surface area contributed by atoms with Gasteiger partial charge in [-0.05, 0) is 70.0 Å². The van der Waals surface area contributed by atoms with E-state index in [-0.39, 0.29) is 23.6 Å². The summed E-state index contributed by atoms with van der Waals surface area (Å²) in [6.45, 7) is 9.01. The average Bonchev–Trinajstić information content (AvgIpc) is 3.73. The highest BCUT2D eigenvalue weighted by Crippen LogP contribution is 2.44. The summed E-state index contributed by atoms with van der Waals surface area (Å²) in [7, 11) is 2.15. The molecule has 0 bridgehead atoms. The number of amides is 1. The van der Waals surface area contributed by atoms with Crippen LogP contribution in [0.15, 0.2) is 35.4 Å². The van der Waals surface area contributed by atoms with Crippen LogP contribution in [0.25, 0.3) is 10.6 Å². The molecule has 7 nitrogen and oxygen atoms in total. The van der Waals surface area contributed by atoms with Crippen molar-refractivity contribution in [3.05, 3.63) is 46.5 Å². The van der Waals surface area contributed by atoms with Crippen molar-refractivity contribution in [2.45, 2.75) is 69.2 Å². The van der Waals surface area contributed by atoms with Gasteiger partial charge in [0.15, 0.2) is 0 Å². The maximum absolute atomic E-state index is 14.1. The topological polar surface area (TPSA) is 64.6 Å². The molecule has 1 amide bonds. The number of rotatable bonds is 6. The number of thiophene rings is 1. The van der Waals surface area contributed by atoms with Gasteiger partial charge in [0.1, 0.15) is 10.4 Å². The Labute approximate surface area is 252 Å². The lowest BCUT2D eigenvalue weighted by Gasteiger charge is -2.43. The number of thioether (sulfide) groups is 1. The molecule has 2 atom stereocenters. The minimum absolute atomic E-state index is 0.0875. The van der Waals surface area contributed by atoms with Crippen LogP contribution in [0.1, 0.15) is 54.4 Å². The maximum atomic E-state index is 14.1. The SMILES string of the molecule is CCc1cc(N2CC(C)N(C)C(C)C2)ccc1Nc1ncc(C(F)(F)F)c(-c2cc3c(s2)C(=O)N(C2CC2)CCS3)n1. The van der Waals surface area contributed by atoms with Crippen LogP contribution in [0, 0.1) is 0 Å². The van der Waals surface area contributed by atoms with E-state index in [4.69, 9.17) is 0 Å².